The summed E-state index contributed by atoms with van der Waals surface area (Å²) >= 11 is 5.02. The molecule has 0 spiro atoms. The molecular formula is C14H24N2OS. The lowest BCUT2D eigenvalue weighted by Crippen LogP contribution is -2.31. The predicted octanol–water partition coefficient (Wildman–Crippen LogP) is 2.60. The Labute approximate surface area is 115 Å². The summed E-state index contributed by atoms with van der Waals surface area (Å²) in [6.45, 7) is 8.88. The van der Waals surface area contributed by atoms with Crippen molar-refractivity contribution in [1.82, 2.24) is 4.90 Å². The van der Waals surface area contributed by atoms with Crippen LogP contribution in [0.3, 0.4) is 0 Å². The first kappa shape index (κ1) is 15.3. The first-order valence-electron chi connectivity index (χ1n) is 6.84. The highest BCUT2D eigenvalue weighted by molar-refractivity contribution is 7.71. The van der Waals surface area contributed by atoms with E-state index in [0.29, 0.717) is 4.51 Å². The van der Waals surface area contributed by atoms with E-state index in [1.165, 1.54) is 25.9 Å². The summed E-state index contributed by atoms with van der Waals surface area (Å²) in [4.78, 5) is 15.6. The summed E-state index contributed by atoms with van der Waals surface area (Å²) < 4.78 is 0.497. The van der Waals surface area contributed by atoms with Gasteiger partial charge in [-0.25, -0.2) is 0 Å². The minimum Gasteiger partial charge on any atom is -0.373 e. The van der Waals surface area contributed by atoms with Crippen LogP contribution in [-0.4, -0.2) is 38.1 Å². The lowest BCUT2D eigenvalue weighted by atomic mass is 10.2. The Morgan fingerprint density at radius 1 is 1.11 bits per heavy atom. The summed E-state index contributed by atoms with van der Waals surface area (Å²) in [5.41, 5.74) is 0.943. The zero-order valence-corrected chi connectivity index (χ0v) is 12.6. The Bertz CT molecular complexity index is 417. The summed E-state index contributed by atoms with van der Waals surface area (Å²) in [7, 11) is 2.01. The van der Waals surface area contributed by atoms with Gasteiger partial charge in [-0.1, -0.05) is 26.1 Å². The smallest absolute Gasteiger partial charge is 0.200 e. The van der Waals surface area contributed by atoms with Gasteiger partial charge in [-0.15, -0.1) is 0 Å². The average molecular weight is 268 g/mol. The fourth-order valence-electron chi connectivity index (χ4n) is 2.21. The first-order valence-corrected chi connectivity index (χ1v) is 7.24. The molecule has 1 aromatic rings. The summed E-state index contributed by atoms with van der Waals surface area (Å²) in [5, 5.41) is 0. The molecule has 0 aliphatic carbocycles. The molecule has 0 unspecified atom stereocenters. The summed E-state index contributed by atoms with van der Waals surface area (Å²) in [6.07, 6.45) is 3.53. The van der Waals surface area contributed by atoms with Gasteiger partial charge in [0.1, 0.15) is 4.51 Å². The Morgan fingerprint density at radius 3 is 2.17 bits per heavy atom. The van der Waals surface area contributed by atoms with Crippen molar-refractivity contribution in [2.45, 2.75) is 33.1 Å². The molecule has 0 heterocycles. The van der Waals surface area contributed by atoms with Crippen molar-refractivity contribution < 1.29 is 0 Å². The minimum absolute atomic E-state index is 0.00504. The molecule has 0 aliphatic heterocycles. The van der Waals surface area contributed by atoms with Gasteiger partial charge < -0.3 is 9.80 Å². The maximum absolute atomic E-state index is 11.0. The van der Waals surface area contributed by atoms with Crippen LogP contribution in [0.1, 0.15) is 33.1 Å². The van der Waals surface area contributed by atoms with Gasteiger partial charge >= 0.3 is 0 Å². The van der Waals surface area contributed by atoms with Crippen LogP contribution in [0.4, 0.5) is 5.69 Å². The van der Waals surface area contributed by atoms with Crippen molar-refractivity contribution in [3.8, 4) is 0 Å². The van der Waals surface area contributed by atoms with Crippen LogP contribution in [0, 0.1) is 4.51 Å². The Morgan fingerprint density at radius 2 is 1.72 bits per heavy atom. The Hall–Kier alpha value is -0.740. The minimum atomic E-state index is 0.00504. The van der Waals surface area contributed by atoms with Crippen LogP contribution in [0.5, 0.6) is 0 Å². The zero-order chi connectivity index (χ0) is 13.5. The van der Waals surface area contributed by atoms with E-state index in [9.17, 15) is 4.79 Å². The molecule has 18 heavy (non-hydrogen) atoms. The molecule has 1 aromatic carbocycles. The molecule has 0 atom stereocenters. The van der Waals surface area contributed by atoms with E-state index >= 15 is 0 Å². The van der Waals surface area contributed by atoms with Gasteiger partial charge in [-0.3, -0.25) is 4.79 Å². The van der Waals surface area contributed by atoms with Crippen LogP contribution in [-0.2, 0) is 0 Å². The quantitative estimate of drug-likeness (QED) is 0.642. The zero-order valence-electron chi connectivity index (χ0n) is 11.7. The van der Waals surface area contributed by atoms with Gasteiger partial charge in [0.25, 0.3) is 0 Å². The van der Waals surface area contributed by atoms with E-state index in [1.807, 2.05) is 7.05 Å². The highest BCUT2D eigenvalue weighted by atomic mass is 32.1. The first-order chi connectivity index (χ1) is 8.60. The van der Waals surface area contributed by atoms with Crippen molar-refractivity contribution in [1.29, 1.82) is 0 Å². The number of nitrogens with zero attached hydrogens (tertiary/aromatic N) is 2. The fourth-order valence-corrected chi connectivity index (χ4v) is 2.48. The summed E-state index contributed by atoms with van der Waals surface area (Å²) in [6, 6.07) is 1.64. The van der Waals surface area contributed by atoms with Crippen molar-refractivity contribution >= 4 is 17.9 Å². The van der Waals surface area contributed by atoms with Gasteiger partial charge in [-0.05, 0) is 38.9 Å². The van der Waals surface area contributed by atoms with E-state index in [1.54, 1.807) is 6.07 Å². The van der Waals surface area contributed by atoms with E-state index in [2.05, 4.69) is 23.6 Å². The molecular weight excluding hydrogens is 244 g/mol. The lowest BCUT2D eigenvalue weighted by molar-refractivity contribution is 0.272. The van der Waals surface area contributed by atoms with Gasteiger partial charge in [0, 0.05) is 19.7 Å². The van der Waals surface area contributed by atoms with Crippen LogP contribution < -0.4 is 10.3 Å². The molecule has 0 saturated carbocycles. The number of anilines is 1. The Balaban J connectivity index is 2.30. The second-order valence-electron chi connectivity index (χ2n) is 4.84. The molecule has 0 amide bonds. The molecule has 0 fully saturated rings. The third kappa shape index (κ3) is 4.18. The van der Waals surface area contributed by atoms with Crippen LogP contribution >= 0.6 is 12.2 Å². The van der Waals surface area contributed by atoms with Crippen LogP contribution in [0.2, 0.25) is 0 Å². The molecule has 0 N–H and O–H groups in total. The fraction of sp³-hybridized carbons (Fsp3) is 0.714. The molecule has 0 bridgehead atoms. The molecule has 3 nitrogen and oxygen atoms in total. The third-order valence-electron chi connectivity index (χ3n) is 3.18. The lowest BCUT2D eigenvalue weighted by Gasteiger charge is -2.24. The largest absolute Gasteiger partial charge is 0.373 e. The molecule has 102 valence electrons. The van der Waals surface area contributed by atoms with Crippen molar-refractivity contribution in [2.75, 3.05) is 38.1 Å². The van der Waals surface area contributed by atoms with Crippen molar-refractivity contribution in [3.63, 3.8) is 0 Å². The molecule has 0 aromatic heterocycles. The molecule has 4 heteroatoms. The maximum atomic E-state index is 11.0. The van der Waals surface area contributed by atoms with Crippen molar-refractivity contribution in [2.24, 2.45) is 0 Å². The van der Waals surface area contributed by atoms with Gasteiger partial charge in [-0.2, -0.15) is 0 Å². The van der Waals surface area contributed by atoms with Gasteiger partial charge in [0.2, 0.25) is 5.43 Å². The second-order valence-corrected chi connectivity index (χ2v) is 5.25. The van der Waals surface area contributed by atoms with Crippen molar-refractivity contribution in [3.05, 3.63) is 20.8 Å². The highest BCUT2D eigenvalue weighted by Gasteiger charge is 2.10. The topological polar surface area (TPSA) is 23.6 Å². The number of rotatable bonds is 9. The number of hydrogen-bond acceptors (Lipinski definition) is 4. The van der Waals surface area contributed by atoms with Crippen LogP contribution in [0.15, 0.2) is 10.9 Å². The maximum Gasteiger partial charge on any atom is 0.200 e. The standard InChI is InChI=1S/C14H24N2OS/c1-4-7-16(8-5-2)10-6-9-15(3)12-11-13(17)14(12)18/h11H,4-10H2,1-3H3. The monoisotopic (exact) mass is 268 g/mol. The Kier molecular flexibility index (Phi) is 6.50. The highest BCUT2D eigenvalue weighted by Crippen LogP contribution is 2.13. The van der Waals surface area contributed by atoms with E-state index < -0.39 is 0 Å². The third-order valence-corrected chi connectivity index (χ3v) is 3.59. The average Bonchev–Trinajstić information content (AvgIpc) is 2.35. The molecule has 1 rings (SSSR count). The molecule has 0 radical (unpaired) electrons. The molecule has 0 aliphatic rings. The van der Waals surface area contributed by atoms with E-state index in [-0.39, 0.29) is 5.43 Å². The predicted molar refractivity (Wildman–Crippen MR) is 80.8 cm³/mol. The second kappa shape index (κ2) is 7.64. The normalized spacial score (nSPS) is 11.3. The number of hydrogen-bond donors (Lipinski definition) is 0. The molecule has 0 saturated heterocycles. The van der Waals surface area contributed by atoms with E-state index in [4.69, 9.17) is 12.2 Å². The van der Waals surface area contributed by atoms with E-state index in [0.717, 1.165) is 25.2 Å². The van der Waals surface area contributed by atoms with Crippen LogP contribution in [0.25, 0.3) is 0 Å². The summed E-state index contributed by atoms with van der Waals surface area (Å²) in [5.74, 6) is 0. The van der Waals surface area contributed by atoms with Gasteiger partial charge in [0.15, 0.2) is 0 Å². The SMILES string of the molecule is CCCN(CCC)CCCN(C)c1cc(=O)c1=S. The van der Waals surface area contributed by atoms with Gasteiger partial charge in [0.05, 0.1) is 5.69 Å².